The summed E-state index contributed by atoms with van der Waals surface area (Å²) in [5, 5.41) is 8.43. The minimum Gasteiger partial charge on any atom is -0.497 e. The molecule has 0 saturated carbocycles. The average Bonchev–Trinajstić information content (AvgIpc) is 3.41. The molecule has 0 bridgehead atoms. The number of fused-ring (bicyclic) bond motifs is 1. The third-order valence-electron chi connectivity index (χ3n) is 6.22. The van der Waals surface area contributed by atoms with Gasteiger partial charge in [0.05, 0.1) is 7.11 Å². The van der Waals surface area contributed by atoms with Gasteiger partial charge in [-0.25, -0.2) is 0 Å². The molecule has 2 aliphatic rings. The van der Waals surface area contributed by atoms with Gasteiger partial charge in [-0.3, -0.25) is 9.48 Å². The van der Waals surface area contributed by atoms with E-state index in [2.05, 4.69) is 24.4 Å². The molecule has 1 aromatic carbocycles. The largest absolute Gasteiger partial charge is 0.497 e. The van der Waals surface area contributed by atoms with E-state index >= 15 is 0 Å². The van der Waals surface area contributed by atoms with Crippen LogP contribution in [0.25, 0.3) is 0 Å². The Kier molecular flexibility index (Phi) is 6.19. The normalized spacial score (nSPS) is 18.7. The molecule has 6 heteroatoms. The highest BCUT2D eigenvalue weighted by molar-refractivity contribution is 5.94. The molecular weight excluding hydrogens is 364 g/mol. The first kappa shape index (κ1) is 20.0. The zero-order valence-electron chi connectivity index (χ0n) is 17.6. The van der Waals surface area contributed by atoms with Crippen LogP contribution in [-0.4, -0.2) is 53.4 Å². The molecule has 156 valence electrons. The number of carbonyl (C=O) groups is 1. The molecule has 4 rings (SSSR count). The second-order valence-electron chi connectivity index (χ2n) is 8.08. The van der Waals surface area contributed by atoms with Crippen LogP contribution in [0.4, 0.5) is 0 Å². The van der Waals surface area contributed by atoms with Gasteiger partial charge in [-0.2, -0.15) is 5.10 Å². The van der Waals surface area contributed by atoms with Crippen molar-refractivity contribution < 1.29 is 9.53 Å². The van der Waals surface area contributed by atoms with E-state index in [1.54, 1.807) is 7.11 Å². The van der Waals surface area contributed by atoms with E-state index in [0.29, 0.717) is 11.7 Å². The molecule has 1 amide bonds. The van der Waals surface area contributed by atoms with E-state index in [1.807, 2.05) is 21.7 Å². The molecule has 1 N–H and O–H groups in total. The van der Waals surface area contributed by atoms with Crippen molar-refractivity contribution in [1.82, 2.24) is 20.0 Å². The molecule has 2 aromatic rings. The molecule has 1 unspecified atom stereocenters. The second-order valence-corrected chi connectivity index (χ2v) is 8.08. The Balaban J connectivity index is 1.41. The van der Waals surface area contributed by atoms with Crippen LogP contribution in [0, 0.1) is 0 Å². The van der Waals surface area contributed by atoms with Crippen LogP contribution in [0.2, 0.25) is 0 Å². The summed E-state index contributed by atoms with van der Waals surface area (Å²) in [5.74, 6) is 1.03. The number of nitrogens with one attached hydrogen (secondary N) is 1. The first-order chi connectivity index (χ1) is 14.2. The van der Waals surface area contributed by atoms with Gasteiger partial charge in [-0.15, -0.1) is 0 Å². The summed E-state index contributed by atoms with van der Waals surface area (Å²) in [5.41, 5.74) is 4.41. The van der Waals surface area contributed by atoms with Gasteiger partial charge in [-0.05, 0) is 69.7 Å². The maximum atomic E-state index is 13.0. The number of aromatic nitrogens is 2. The van der Waals surface area contributed by atoms with Crippen LogP contribution in [0.3, 0.4) is 0 Å². The fourth-order valence-corrected chi connectivity index (χ4v) is 4.61. The minimum atomic E-state index is 0.128. The highest BCUT2D eigenvalue weighted by atomic mass is 16.5. The van der Waals surface area contributed by atoms with Crippen molar-refractivity contribution >= 4 is 5.91 Å². The quantitative estimate of drug-likeness (QED) is 0.782. The number of nitrogens with zero attached hydrogens (tertiary/aromatic N) is 3. The van der Waals surface area contributed by atoms with Gasteiger partial charge in [0.1, 0.15) is 5.75 Å². The molecule has 1 aliphatic heterocycles. The summed E-state index contributed by atoms with van der Waals surface area (Å²) < 4.78 is 7.36. The van der Waals surface area contributed by atoms with Crippen molar-refractivity contribution in [2.75, 3.05) is 26.7 Å². The van der Waals surface area contributed by atoms with Gasteiger partial charge in [0, 0.05) is 36.9 Å². The highest BCUT2D eigenvalue weighted by Crippen LogP contribution is 2.27. The lowest BCUT2D eigenvalue weighted by Crippen LogP contribution is -2.37. The van der Waals surface area contributed by atoms with Gasteiger partial charge in [-0.1, -0.05) is 12.1 Å². The van der Waals surface area contributed by atoms with Crippen molar-refractivity contribution in [3.05, 3.63) is 46.8 Å². The van der Waals surface area contributed by atoms with Crippen molar-refractivity contribution in [2.24, 2.45) is 0 Å². The number of methoxy groups -OCH3 is 1. The maximum Gasteiger partial charge on any atom is 0.274 e. The minimum absolute atomic E-state index is 0.128. The van der Waals surface area contributed by atoms with E-state index in [9.17, 15) is 4.79 Å². The molecule has 29 heavy (non-hydrogen) atoms. The lowest BCUT2D eigenvalue weighted by atomic mass is 9.91. The standard InChI is InChI=1S/C23H32N4O2/c1-3-27-21-10-9-18(24-12-11-17-7-6-8-19(15-17)29-2)16-20(21)22(25-27)23(28)26-13-4-5-14-26/h6-8,15,18,24H,3-5,9-14,16H2,1-2H3. The number of amides is 1. The first-order valence-electron chi connectivity index (χ1n) is 10.9. The molecule has 0 spiro atoms. The molecule has 1 aromatic heterocycles. The lowest BCUT2D eigenvalue weighted by Gasteiger charge is -2.25. The Bertz CT molecular complexity index is 855. The van der Waals surface area contributed by atoms with Crippen molar-refractivity contribution in [2.45, 2.75) is 58.0 Å². The number of likely N-dealkylation sites (tertiary alicyclic amines) is 1. The fourth-order valence-electron chi connectivity index (χ4n) is 4.61. The molecule has 0 radical (unpaired) electrons. The van der Waals surface area contributed by atoms with Gasteiger partial charge in [0.25, 0.3) is 5.91 Å². The highest BCUT2D eigenvalue weighted by Gasteiger charge is 2.31. The van der Waals surface area contributed by atoms with E-state index in [1.165, 1.54) is 16.8 Å². The van der Waals surface area contributed by atoms with Crippen LogP contribution >= 0.6 is 0 Å². The topological polar surface area (TPSA) is 59.4 Å². The van der Waals surface area contributed by atoms with Crippen LogP contribution in [0.15, 0.2) is 24.3 Å². The molecular formula is C23H32N4O2. The molecule has 1 fully saturated rings. The second kappa shape index (κ2) is 8.99. The molecule has 2 heterocycles. The zero-order valence-corrected chi connectivity index (χ0v) is 17.6. The Hall–Kier alpha value is -2.34. The summed E-state index contributed by atoms with van der Waals surface area (Å²) in [7, 11) is 1.70. The first-order valence-corrected chi connectivity index (χ1v) is 10.9. The number of rotatable bonds is 7. The van der Waals surface area contributed by atoms with E-state index < -0.39 is 0 Å². The number of aryl methyl sites for hydroxylation is 1. The van der Waals surface area contributed by atoms with Crippen LogP contribution in [0.5, 0.6) is 5.75 Å². The van der Waals surface area contributed by atoms with E-state index in [4.69, 9.17) is 9.84 Å². The third kappa shape index (κ3) is 4.32. The number of ether oxygens (including phenoxy) is 1. The number of hydrogen-bond donors (Lipinski definition) is 1. The Labute approximate surface area is 173 Å². The van der Waals surface area contributed by atoms with Gasteiger partial charge in [0.15, 0.2) is 5.69 Å². The summed E-state index contributed by atoms with van der Waals surface area (Å²) in [6.07, 6.45) is 6.15. The Morgan fingerprint density at radius 3 is 2.90 bits per heavy atom. The summed E-state index contributed by atoms with van der Waals surface area (Å²) in [6, 6.07) is 8.65. The maximum absolute atomic E-state index is 13.0. The van der Waals surface area contributed by atoms with Crippen molar-refractivity contribution in [3.8, 4) is 5.75 Å². The summed E-state index contributed by atoms with van der Waals surface area (Å²) in [6.45, 7) is 5.59. The lowest BCUT2D eigenvalue weighted by molar-refractivity contribution is 0.0785. The number of carbonyl (C=O) groups excluding carboxylic acids is 1. The van der Waals surface area contributed by atoms with E-state index in [-0.39, 0.29) is 5.91 Å². The van der Waals surface area contributed by atoms with Crippen molar-refractivity contribution in [1.29, 1.82) is 0 Å². The third-order valence-corrected chi connectivity index (χ3v) is 6.22. The Morgan fingerprint density at radius 1 is 1.31 bits per heavy atom. The predicted molar refractivity (Wildman–Crippen MR) is 114 cm³/mol. The molecule has 1 aliphatic carbocycles. The number of hydrogen-bond acceptors (Lipinski definition) is 4. The van der Waals surface area contributed by atoms with Gasteiger partial charge in [0.2, 0.25) is 0 Å². The van der Waals surface area contributed by atoms with Gasteiger partial charge >= 0.3 is 0 Å². The zero-order chi connectivity index (χ0) is 20.2. The SMILES string of the molecule is CCn1nc(C(=O)N2CCCC2)c2c1CCC(NCCc1cccc(OC)c1)C2. The van der Waals surface area contributed by atoms with Gasteiger partial charge < -0.3 is 15.0 Å². The van der Waals surface area contributed by atoms with Crippen LogP contribution in [0.1, 0.15) is 53.5 Å². The monoisotopic (exact) mass is 396 g/mol. The number of benzene rings is 1. The average molecular weight is 397 g/mol. The molecule has 1 saturated heterocycles. The van der Waals surface area contributed by atoms with Crippen molar-refractivity contribution in [3.63, 3.8) is 0 Å². The summed E-state index contributed by atoms with van der Waals surface area (Å²) >= 11 is 0. The predicted octanol–water partition coefficient (Wildman–Crippen LogP) is 2.84. The van der Waals surface area contributed by atoms with E-state index in [0.717, 1.165) is 70.5 Å². The smallest absolute Gasteiger partial charge is 0.274 e. The van der Waals surface area contributed by atoms with Crippen LogP contribution in [-0.2, 0) is 25.8 Å². The molecule has 1 atom stereocenters. The van der Waals surface area contributed by atoms with Crippen LogP contribution < -0.4 is 10.1 Å². The summed E-state index contributed by atoms with van der Waals surface area (Å²) in [4.78, 5) is 15.0. The Morgan fingerprint density at radius 2 is 2.14 bits per heavy atom. The fraction of sp³-hybridized carbons (Fsp3) is 0.565. The molecule has 6 nitrogen and oxygen atoms in total.